The van der Waals surface area contributed by atoms with Gasteiger partial charge in [0.15, 0.2) is 5.12 Å². The zero-order valence-electron chi connectivity index (χ0n) is 19.5. The van der Waals surface area contributed by atoms with Crippen LogP contribution in [0.2, 0.25) is 0 Å². The maximum Gasteiger partial charge on any atom is 0.330 e. The van der Waals surface area contributed by atoms with E-state index in [2.05, 4.69) is 20.8 Å². The lowest BCUT2D eigenvalue weighted by Crippen LogP contribution is -2.57. The molecule has 1 saturated heterocycles. The van der Waals surface area contributed by atoms with Gasteiger partial charge in [0, 0.05) is 30.1 Å². The van der Waals surface area contributed by atoms with Gasteiger partial charge >= 0.3 is 11.9 Å². The quantitative estimate of drug-likeness (QED) is 0.443. The monoisotopic (exact) mass is 448 g/mol. The van der Waals surface area contributed by atoms with Gasteiger partial charge < -0.3 is 9.47 Å². The van der Waals surface area contributed by atoms with Crippen LogP contribution in [0.3, 0.4) is 0 Å². The molecular weight excluding hydrogens is 412 g/mol. The Morgan fingerprint density at radius 3 is 2.48 bits per heavy atom. The minimum absolute atomic E-state index is 0.0336. The van der Waals surface area contributed by atoms with E-state index in [0.717, 1.165) is 50.5 Å². The number of ether oxygens (including phenoxy) is 2. The van der Waals surface area contributed by atoms with Crippen molar-refractivity contribution in [3.8, 4) is 0 Å². The van der Waals surface area contributed by atoms with Crippen LogP contribution in [-0.2, 0) is 23.9 Å². The van der Waals surface area contributed by atoms with Crippen molar-refractivity contribution in [1.82, 2.24) is 0 Å². The standard InChI is InChI=1S/C25H36O5S/c1-6-23(3)16(14-21(28)29-5)13-19(31-15(2)26)22-17(23)7-10-24(4)18(22)8-11-25(24)12-9-20(27)30-25/h14,17-19,22H,6-13H2,1-5H3/b16-14+/t17-,18-,19+,22+,23-,24-,25+/m0/s1. The molecule has 0 bridgehead atoms. The van der Waals surface area contributed by atoms with Crippen LogP contribution >= 0.6 is 11.8 Å². The summed E-state index contributed by atoms with van der Waals surface area (Å²) in [5.74, 6) is 0.858. The molecule has 6 heteroatoms. The van der Waals surface area contributed by atoms with Gasteiger partial charge in [-0.25, -0.2) is 4.79 Å². The molecule has 3 aliphatic carbocycles. The van der Waals surface area contributed by atoms with Gasteiger partial charge in [-0.05, 0) is 68.1 Å². The molecule has 0 unspecified atom stereocenters. The van der Waals surface area contributed by atoms with Crippen molar-refractivity contribution in [2.75, 3.05) is 7.11 Å². The van der Waals surface area contributed by atoms with Crippen LogP contribution in [-0.4, -0.2) is 35.0 Å². The number of fused-ring (bicyclic) bond motifs is 4. The highest BCUT2D eigenvalue weighted by Gasteiger charge is 2.68. The van der Waals surface area contributed by atoms with E-state index in [9.17, 15) is 14.4 Å². The fourth-order valence-corrected chi connectivity index (χ4v) is 9.05. The van der Waals surface area contributed by atoms with Crippen molar-refractivity contribution in [3.05, 3.63) is 11.6 Å². The summed E-state index contributed by atoms with van der Waals surface area (Å²) in [6, 6.07) is 0. The fraction of sp³-hybridized carbons (Fsp3) is 0.800. The summed E-state index contributed by atoms with van der Waals surface area (Å²) in [6.45, 7) is 8.51. The third-order valence-corrected chi connectivity index (χ3v) is 10.7. The fourth-order valence-electron chi connectivity index (χ4n) is 7.82. The molecule has 0 aromatic heterocycles. The van der Waals surface area contributed by atoms with Gasteiger partial charge in [0.05, 0.1) is 7.11 Å². The predicted molar refractivity (Wildman–Crippen MR) is 120 cm³/mol. The second-order valence-corrected chi connectivity index (χ2v) is 12.0. The van der Waals surface area contributed by atoms with E-state index < -0.39 is 0 Å². The van der Waals surface area contributed by atoms with Gasteiger partial charge in [-0.15, -0.1) is 0 Å². The van der Waals surface area contributed by atoms with Crippen LogP contribution < -0.4 is 0 Å². The van der Waals surface area contributed by atoms with E-state index in [4.69, 9.17) is 9.47 Å². The van der Waals surface area contributed by atoms with Gasteiger partial charge in [-0.2, -0.15) is 0 Å². The van der Waals surface area contributed by atoms with Gasteiger partial charge in [-0.3, -0.25) is 9.59 Å². The SMILES string of the molecule is CC[C@@]1(C)/C(=C/C(=O)OC)C[C@@H](SC(C)=O)[C@@H]2[C@@H]1CC[C@@]1(C)[C@H]2CC[C@@]12CCC(=O)O2. The van der Waals surface area contributed by atoms with E-state index in [1.54, 1.807) is 13.0 Å². The summed E-state index contributed by atoms with van der Waals surface area (Å²) in [7, 11) is 1.42. The third-order valence-electron chi connectivity index (χ3n) is 9.61. The van der Waals surface area contributed by atoms with Gasteiger partial charge in [-0.1, -0.05) is 38.1 Å². The number of carbonyl (C=O) groups is 3. The predicted octanol–water partition coefficient (Wildman–Crippen LogP) is 5.07. The van der Waals surface area contributed by atoms with Crippen LogP contribution in [0.5, 0.6) is 0 Å². The number of carbonyl (C=O) groups excluding carboxylic acids is 3. The Balaban J connectivity index is 1.76. The van der Waals surface area contributed by atoms with Crippen LogP contribution in [0.15, 0.2) is 11.6 Å². The highest BCUT2D eigenvalue weighted by Crippen LogP contribution is 2.70. The van der Waals surface area contributed by atoms with Crippen LogP contribution in [0.4, 0.5) is 0 Å². The lowest BCUT2D eigenvalue weighted by atomic mass is 9.47. The second-order valence-electron chi connectivity index (χ2n) is 10.6. The third kappa shape index (κ3) is 3.39. The molecule has 4 rings (SSSR count). The molecule has 0 amide bonds. The van der Waals surface area contributed by atoms with Crippen molar-refractivity contribution in [3.63, 3.8) is 0 Å². The van der Waals surface area contributed by atoms with Crippen LogP contribution in [0.25, 0.3) is 0 Å². The molecule has 1 aliphatic heterocycles. The molecule has 4 aliphatic rings. The van der Waals surface area contributed by atoms with Gasteiger partial charge in [0.1, 0.15) is 5.60 Å². The zero-order chi connectivity index (χ0) is 22.6. The summed E-state index contributed by atoms with van der Waals surface area (Å²) in [4.78, 5) is 36.6. The zero-order valence-corrected chi connectivity index (χ0v) is 20.3. The van der Waals surface area contributed by atoms with E-state index >= 15 is 0 Å². The average molecular weight is 449 g/mol. The highest BCUT2D eigenvalue weighted by molar-refractivity contribution is 8.14. The van der Waals surface area contributed by atoms with Crippen molar-refractivity contribution in [2.24, 2.45) is 28.6 Å². The minimum Gasteiger partial charge on any atom is -0.466 e. The number of hydrogen-bond donors (Lipinski definition) is 0. The van der Waals surface area contributed by atoms with Crippen molar-refractivity contribution in [1.29, 1.82) is 0 Å². The Hall–Kier alpha value is -1.30. The van der Waals surface area contributed by atoms with E-state index in [-0.39, 0.29) is 38.7 Å². The molecule has 1 heterocycles. The van der Waals surface area contributed by atoms with Crippen LogP contribution in [0.1, 0.15) is 79.1 Å². The van der Waals surface area contributed by atoms with Crippen molar-refractivity contribution >= 4 is 28.8 Å². The number of esters is 2. The Morgan fingerprint density at radius 2 is 1.90 bits per heavy atom. The Kier molecular flexibility index (Phi) is 5.85. The number of methoxy groups -OCH3 is 1. The molecular formula is C25H36O5S. The molecule has 172 valence electrons. The number of allylic oxidation sites excluding steroid dienone is 1. The molecule has 1 spiro atoms. The Morgan fingerprint density at radius 1 is 1.19 bits per heavy atom. The summed E-state index contributed by atoms with van der Waals surface area (Å²) in [6.07, 6.45) is 8.81. The first-order chi connectivity index (χ1) is 14.6. The van der Waals surface area contributed by atoms with E-state index in [1.807, 2.05) is 0 Å². The van der Waals surface area contributed by atoms with Crippen molar-refractivity contribution in [2.45, 2.75) is 89.9 Å². The summed E-state index contributed by atoms with van der Waals surface area (Å²) in [5, 5.41) is 0.281. The molecule has 7 atom stereocenters. The molecule has 3 saturated carbocycles. The number of thioether (sulfide) groups is 1. The molecule has 31 heavy (non-hydrogen) atoms. The van der Waals surface area contributed by atoms with Gasteiger partial charge in [0.25, 0.3) is 0 Å². The van der Waals surface area contributed by atoms with Crippen molar-refractivity contribution < 1.29 is 23.9 Å². The first-order valence-electron chi connectivity index (χ1n) is 11.8. The summed E-state index contributed by atoms with van der Waals surface area (Å²) < 4.78 is 11.0. The number of rotatable bonds is 3. The smallest absolute Gasteiger partial charge is 0.330 e. The maximum absolute atomic E-state index is 12.2. The molecule has 0 aromatic carbocycles. The normalized spacial score (nSPS) is 45.3. The lowest BCUT2D eigenvalue weighted by Gasteiger charge is -2.60. The summed E-state index contributed by atoms with van der Waals surface area (Å²) in [5.41, 5.74) is 0.686. The first-order valence-corrected chi connectivity index (χ1v) is 12.7. The molecule has 0 N–H and O–H groups in total. The molecule has 0 radical (unpaired) electrons. The van der Waals surface area contributed by atoms with E-state index in [1.165, 1.54) is 18.9 Å². The average Bonchev–Trinajstić information content (AvgIpc) is 3.24. The molecule has 5 nitrogen and oxygen atoms in total. The van der Waals surface area contributed by atoms with Crippen LogP contribution in [0, 0.1) is 28.6 Å². The second kappa shape index (κ2) is 7.93. The van der Waals surface area contributed by atoms with E-state index in [0.29, 0.717) is 24.2 Å². The molecule has 4 fully saturated rings. The maximum atomic E-state index is 12.2. The Labute approximate surface area is 190 Å². The Bertz CT molecular complexity index is 821. The largest absolute Gasteiger partial charge is 0.466 e. The van der Waals surface area contributed by atoms with Gasteiger partial charge in [0.2, 0.25) is 0 Å². The molecule has 0 aromatic rings. The number of hydrogen-bond acceptors (Lipinski definition) is 6. The topological polar surface area (TPSA) is 69.7 Å². The summed E-state index contributed by atoms with van der Waals surface area (Å²) >= 11 is 1.45. The highest BCUT2D eigenvalue weighted by atomic mass is 32.2. The minimum atomic E-state index is -0.324. The lowest BCUT2D eigenvalue weighted by molar-refractivity contribution is -0.167. The first kappa shape index (κ1) is 22.9.